The molecule has 0 aliphatic carbocycles. The molecular formula is C18H19FN4O. The maximum absolute atomic E-state index is 13.0. The Morgan fingerprint density at radius 2 is 1.83 bits per heavy atom. The predicted molar refractivity (Wildman–Crippen MR) is 91.7 cm³/mol. The molecule has 0 spiro atoms. The van der Waals surface area contributed by atoms with E-state index >= 15 is 0 Å². The lowest BCUT2D eigenvalue weighted by Crippen LogP contribution is -2.11. The molecular weight excluding hydrogens is 307 g/mol. The van der Waals surface area contributed by atoms with E-state index in [1.54, 1.807) is 12.1 Å². The van der Waals surface area contributed by atoms with Crippen LogP contribution < -0.4 is 5.32 Å². The van der Waals surface area contributed by atoms with Crippen LogP contribution in [-0.2, 0) is 4.79 Å². The number of aryl methyl sites for hydroxylation is 1. The Hall–Kier alpha value is -2.76. The van der Waals surface area contributed by atoms with Crippen molar-refractivity contribution in [1.29, 1.82) is 0 Å². The van der Waals surface area contributed by atoms with Gasteiger partial charge in [-0.25, -0.2) is 4.39 Å². The molecule has 0 saturated carbocycles. The first-order chi connectivity index (χ1) is 11.6. The van der Waals surface area contributed by atoms with E-state index in [9.17, 15) is 9.18 Å². The summed E-state index contributed by atoms with van der Waals surface area (Å²) in [5.41, 5.74) is 3.76. The van der Waals surface area contributed by atoms with Crippen LogP contribution in [-0.4, -0.2) is 20.9 Å². The maximum Gasteiger partial charge on any atom is 0.224 e. The van der Waals surface area contributed by atoms with Gasteiger partial charge < -0.3 is 5.32 Å². The summed E-state index contributed by atoms with van der Waals surface area (Å²) in [4.78, 5) is 13.4. The molecule has 0 bridgehead atoms. The van der Waals surface area contributed by atoms with Crippen molar-refractivity contribution in [1.82, 2.24) is 15.0 Å². The second kappa shape index (κ2) is 6.78. The van der Waals surface area contributed by atoms with Gasteiger partial charge in [-0.05, 0) is 55.3 Å². The largest absolute Gasteiger partial charge is 0.326 e. The number of fused-ring (bicyclic) bond motifs is 1. The minimum Gasteiger partial charge on any atom is -0.326 e. The van der Waals surface area contributed by atoms with Crippen molar-refractivity contribution >= 4 is 22.6 Å². The van der Waals surface area contributed by atoms with Crippen molar-refractivity contribution in [3.63, 3.8) is 0 Å². The van der Waals surface area contributed by atoms with Gasteiger partial charge >= 0.3 is 0 Å². The average Bonchev–Trinajstić information content (AvgIpc) is 2.96. The molecule has 0 aliphatic heterocycles. The summed E-state index contributed by atoms with van der Waals surface area (Å²) in [5, 5.41) is 11.8. The van der Waals surface area contributed by atoms with Crippen LogP contribution >= 0.6 is 0 Å². The second-order valence-electron chi connectivity index (χ2n) is 5.77. The van der Waals surface area contributed by atoms with Gasteiger partial charge in [0, 0.05) is 12.1 Å². The van der Waals surface area contributed by atoms with E-state index in [1.807, 2.05) is 19.1 Å². The number of anilines is 1. The Balaban J connectivity index is 1.90. The Kier molecular flexibility index (Phi) is 4.55. The van der Waals surface area contributed by atoms with Gasteiger partial charge in [-0.1, -0.05) is 13.3 Å². The van der Waals surface area contributed by atoms with E-state index in [4.69, 9.17) is 0 Å². The Morgan fingerprint density at radius 1 is 1.17 bits per heavy atom. The first-order valence-corrected chi connectivity index (χ1v) is 8.00. The summed E-state index contributed by atoms with van der Waals surface area (Å²) < 4.78 is 13.0. The van der Waals surface area contributed by atoms with Crippen LogP contribution in [0, 0.1) is 12.7 Å². The molecule has 2 aromatic carbocycles. The van der Waals surface area contributed by atoms with E-state index in [0.717, 1.165) is 29.6 Å². The highest BCUT2D eigenvalue weighted by Gasteiger charge is 2.10. The zero-order chi connectivity index (χ0) is 17.1. The second-order valence-corrected chi connectivity index (χ2v) is 5.77. The van der Waals surface area contributed by atoms with Crippen LogP contribution in [0.15, 0.2) is 36.4 Å². The third-order valence-corrected chi connectivity index (χ3v) is 3.82. The summed E-state index contributed by atoms with van der Waals surface area (Å²) in [6.45, 7) is 3.98. The fourth-order valence-electron chi connectivity index (χ4n) is 2.44. The van der Waals surface area contributed by atoms with Crippen LogP contribution in [0.2, 0.25) is 0 Å². The molecule has 0 aliphatic rings. The molecule has 1 N–H and O–H groups in total. The zero-order valence-electron chi connectivity index (χ0n) is 13.7. The molecule has 0 saturated heterocycles. The number of nitrogens with one attached hydrogen (secondary N) is 1. The Labute approximate surface area is 139 Å². The topological polar surface area (TPSA) is 59.8 Å². The number of hydrogen-bond donors (Lipinski definition) is 1. The van der Waals surface area contributed by atoms with E-state index in [0.29, 0.717) is 17.6 Å². The first kappa shape index (κ1) is 16.1. The Morgan fingerprint density at radius 3 is 2.50 bits per heavy atom. The third kappa shape index (κ3) is 3.42. The molecule has 3 aromatic rings. The fraction of sp³-hybridized carbons (Fsp3) is 0.278. The van der Waals surface area contributed by atoms with Crippen LogP contribution in [0.25, 0.3) is 16.7 Å². The quantitative estimate of drug-likeness (QED) is 0.771. The van der Waals surface area contributed by atoms with E-state index in [1.165, 1.54) is 16.9 Å². The minimum atomic E-state index is -0.302. The van der Waals surface area contributed by atoms with Crippen molar-refractivity contribution in [2.45, 2.75) is 33.1 Å². The molecule has 1 heterocycles. The highest BCUT2D eigenvalue weighted by atomic mass is 19.1. The lowest BCUT2D eigenvalue weighted by Gasteiger charge is -2.07. The first-order valence-electron chi connectivity index (χ1n) is 8.00. The number of carbonyl (C=O) groups excluding carboxylic acids is 1. The van der Waals surface area contributed by atoms with E-state index in [-0.39, 0.29) is 11.7 Å². The number of aromatic nitrogens is 3. The summed E-state index contributed by atoms with van der Waals surface area (Å²) in [5.74, 6) is -0.298. The molecule has 0 atom stereocenters. The van der Waals surface area contributed by atoms with Gasteiger partial charge in [0.25, 0.3) is 0 Å². The zero-order valence-corrected chi connectivity index (χ0v) is 13.7. The minimum absolute atomic E-state index is 0.00484. The molecule has 3 rings (SSSR count). The summed E-state index contributed by atoms with van der Waals surface area (Å²) in [6, 6.07) is 9.68. The van der Waals surface area contributed by atoms with Crippen molar-refractivity contribution in [3.8, 4) is 5.69 Å². The number of halogens is 1. The highest BCUT2D eigenvalue weighted by molar-refractivity contribution is 5.94. The van der Waals surface area contributed by atoms with Gasteiger partial charge in [-0.15, -0.1) is 10.2 Å². The molecule has 1 aromatic heterocycles. The lowest BCUT2D eigenvalue weighted by atomic mass is 10.1. The highest BCUT2D eigenvalue weighted by Crippen LogP contribution is 2.22. The summed E-state index contributed by atoms with van der Waals surface area (Å²) in [7, 11) is 0. The summed E-state index contributed by atoms with van der Waals surface area (Å²) in [6.07, 6.45) is 2.36. The third-order valence-electron chi connectivity index (χ3n) is 3.82. The number of unbranched alkanes of at least 4 members (excludes halogenated alkanes) is 1. The number of carbonyl (C=O) groups is 1. The molecule has 124 valence electrons. The fourth-order valence-corrected chi connectivity index (χ4v) is 2.44. The SMILES string of the molecule is CCCCC(=O)Nc1cc2nn(-c3ccc(F)cc3)nc2cc1C. The number of benzene rings is 2. The van der Waals surface area contributed by atoms with Gasteiger partial charge in [0.05, 0.1) is 5.69 Å². The van der Waals surface area contributed by atoms with Gasteiger partial charge in [-0.3, -0.25) is 4.79 Å². The van der Waals surface area contributed by atoms with Crippen LogP contribution in [0.1, 0.15) is 31.7 Å². The van der Waals surface area contributed by atoms with Gasteiger partial charge in [0.1, 0.15) is 16.9 Å². The van der Waals surface area contributed by atoms with Gasteiger partial charge in [-0.2, -0.15) is 4.80 Å². The van der Waals surface area contributed by atoms with Crippen LogP contribution in [0.5, 0.6) is 0 Å². The normalized spacial score (nSPS) is 11.0. The van der Waals surface area contributed by atoms with Gasteiger partial charge in [0.2, 0.25) is 5.91 Å². The number of hydrogen-bond acceptors (Lipinski definition) is 3. The van der Waals surface area contributed by atoms with Crippen molar-refractivity contribution in [3.05, 3.63) is 47.8 Å². The summed E-state index contributed by atoms with van der Waals surface area (Å²) >= 11 is 0. The number of amides is 1. The van der Waals surface area contributed by atoms with Crippen molar-refractivity contribution < 1.29 is 9.18 Å². The maximum atomic E-state index is 13.0. The standard InChI is InChI=1S/C18H19FN4O/c1-3-4-5-18(24)20-15-11-17-16(10-12(15)2)21-23(22-17)14-8-6-13(19)7-9-14/h6-11H,3-5H2,1-2H3,(H,20,24). The molecule has 24 heavy (non-hydrogen) atoms. The van der Waals surface area contributed by atoms with Crippen LogP contribution in [0.4, 0.5) is 10.1 Å². The predicted octanol–water partition coefficient (Wildman–Crippen LogP) is 4.00. The van der Waals surface area contributed by atoms with Crippen molar-refractivity contribution in [2.24, 2.45) is 0 Å². The van der Waals surface area contributed by atoms with Gasteiger partial charge in [0.15, 0.2) is 0 Å². The Bertz CT molecular complexity index is 871. The molecule has 0 radical (unpaired) electrons. The smallest absolute Gasteiger partial charge is 0.224 e. The molecule has 5 nitrogen and oxygen atoms in total. The molecule has 0 unspecified atom stereocenters. The van der Waals surface area contributed by atoms with E-state index in [2.05, 4.69) is 22.4 Å². The molecule has 1 amide bonds. The lowest BCUT2D eigenvalue weighted by molar-refractivity contribution is -0.116. The monoisotopic (exact) mass is 326 g/mol. The van der Waals surface area contributed by atoms with Crippen molar-refractivity contribution in [2.75, 3.05) is 5.32 Å². The number of nitrogens with zero attached hydrogens (tertiary/aromatic N) is 3. The van der Waals surface area contributed by atoms with E-state index < -0.39 is 0 Å². The average molecular weight is 326 g/mol. The van der Waals surface area contributed by atoms with Crippen LogP contribution in [0.3, 0.4) is 0 Å². The number of rotatable bonds is 5. The molecule has 6 heteroatoms. The molecule has 0 fully saturated rings.